The molecule has 0 saturated carbocycles. The van der Waals surface area contributed by atoms with Gasteiger partial charge in [-0.05, 0) is 38.4 Å². The highest BCUT2D eigenvalue weighted by molar-refractivity contribution is 6.70. The van der Waals surface area contributed by atoms with Gasteiger partial charge in [0.1, 0.15) is 5.60 Å². The van der Waals surface area contributed by atoms with Crippen LogP contribution in [0.4, 0.5) is 0 Å². The second-order valence-electron chi connectivity index (χ2n) is 7.88. The van der Waals surface area contributed by atoms with Crippen LogP contribution in [-0.4, -0.2) is 40.1 Å². The molecule has 0 aromatic heterocycles. The van der Waals surface area contributed by atoms with E-state index in [0.717, 1.165) is 12.8 Å². The zero-order valence-electron chi connectivity index (χ0n) is 15.5. The maximum Gasteiger partial charge on any atom is 0.337 e. The molecule has 0 aromatic rings. The van der Waals surface area contributed by atoms with E-state index in [1.165, 1.54) is 14.2 Å². The fraction of sp³-hybridized carbons (Fsp3) is 0.579. The standard InChI is InChI=1S/C19H26O5Si/c1-22-17(20)15-13-10-11-19(24-25(3,4)5,16(15)18(21)23-2)14-9-7-6-8-12(13)14/h6-7,10-14H,8-9H2,1-5H3/t12-,13+,14-,19+/m1/s1. The van der Waals surface area contributed by atoms with Gasteiger partial charge >= 0.3 is 11.9 Å². The van der Waals surface area contributed by atoms with Gasteiger partial charge in [-0.1, -0.05) is 24.3 Å². The monoisotopic (exact) mass is 362 g/mol. The van der Waals surface area contributed by atoms with Gasteiger partial charge in [0.25, 0.3) is 0 Å². The topological polar surface area (TPSA) is 61.8 Å². The molecular formula is C19H26O5Si. The first-order valence-electron chi connectivity index (χ1n) is 8.71. The van der Waals surface area contributed by atoms with Crippen molar-refractivity contribution >= 4 is 20.3 Å². The van der Waals surface area contributed by atoms with Crippen molar-refractivity contribution in [1.29, 1.82) is 0 Å². The smallest absolute Gasteiger partial charge is 0.337 e. The van der Waals surface area contributed by atoms with Crippen molar-refractivity contribution in [1.82, 2.24) is 0 Å². The minimum Gasteiger partial charge on any atom is -0.466 e. The molecule has 4 atom stereocenters. The van der Waals surface area contributed by atoms with Crippen LogP contribution >= 0.6 is 0 Å². The first kappa shape index (κ1) is 18.1. The predicted octanol–water partition coefficient (Wildman–Crippen LogP) is 3.00. The molecule has 0 aliphatic heterocycles. The Morgan fingerprint density at radius 2 is 1.72 bits per heavy atom. The number of carbonyl (C=O) groups is 2. The minimum absolute atomic E-state index is 0.127. The Morgan fingerprint density at radius 1 is 1.08 bits per heavy atom. The summed E-state index contributed by atoms with van der Waals surface area (Å²) in [6.07, 6.45) is 10.0. The number of esters is 2. The number of rotatable bonds is 4. The van der Waals surface area contributed by atoms with Crippen molar-refractivity contribution in [2.45, 2.75) is 38.1 Å². The van der Waals surface area contributed by atoms with Gasteiger partial charge in [-0.2, -0.15) is 0 Å². The zero-order chi connectivity index (χ0) is 18.4. The van der Waals surface area contributed by atoms with Crippen molar-refractivity contribution in [2.24, 2.45) is 17.8 Å². The van der Waals surface area contributed by atoms with Crippen molar-refractivity contribution in [3.63, 3.8) is 0 Å². The average molecular weight is 362 g/mol. The molecule has 0 fully saturated rings. The van der Waals surface area contributed by atoms with Crippen molar-refractivity contribution in [3.05, 3.63) is 35.5 Å². The first-order chi connectivity index (χ1) is 11.7. The third kappa shape index (κ3) is 2.81. The molecule has 2 bridgehead atoms. The summed E-state index contributed by atoms with van der Waals surface area (Å²) in [7, 11) is 0.658. The molecular weight excluding hydrogens is 336 g/mol. The van der Waals surface area contributed by atoms with E-state index in [0.29, 0.717) is 11.1 Å². The van der Waals surface area contributed by atoms with E-state index >= 15 is 0 Å². The quantitative estimate of drug-likeness (QED) is 0.437. The van der Waals surface area contributed by atoms with Crippen LogP contribution in [0.1, 0.15) is 12.8 Å². The van der Waals surface area contributed by atoms with Crippen LogP contribution in [0.25, 0.3) is 0 Å². The highest BCUT2D eigenvalue weighted by Crippen LogP contribution is 2.57. The molecule has 0 radical (unpaired) electrons. The van der Waals surface area contributed by atoms with E-state index < -0.39 is 25.9 Å². The highest BCUT2D eigenvalue weighted by Gasteiger charge is 2.60. The van der Waals surface area contributed by atoms with E-state index in [1.807, 2.05) is 12.2 Å². The van der Waals surface area contributed by atoms with Crippen molar-refractivity contribution < 1.29 is 23.5 Å². The van der Waals surface area contributed by atoms with Crippen LogP contribution in [0.15, 0.2) is 35.5 Å². The van der Waals surface area contributed by atoms with Gasteiger partial charge in [0.2, 0.25) is 0 Å². The summed E-state index contributed by atoms with van der Waals surface area (Å²) >= 11 is 0. The molecule has 0 amide bonds. The fourth-order valence-corrected chi connectivity index (χ4v) is 5.92. The van der Waals surface area contributed by atoms with Crippen LogP contribution in [-0.2, 0) is 23.5 Å². The van der Waals surface area contributed by atoms with Gasteiger partial charge in [-0.3, -0.25) is 0 Å². The van der Waals surface area contributed by atoms with Crippen LogP contribution in [0.5, 0.6) is 0 Å². The Morgan fingerprint density at radius 3 is 2.32 bits per heavy atom. The molecule has 0 N–H and O–H groups in total. The summed E-state index contributed by atoms with van der Waals surface area (Å²) in [5.41, 5.74) is -0.161. The largest absolute Gasteiger partial charge is 0.466 e. The van der Waals surface area contributed by atoms with E-state index in [2.05, 4.69) is 31.8 Å². The minimum atomic E-state index is -2.03. The number of allylic oxidation sites excluding steroid dienone is 3. The normalized spacial score (nSPS) is 33.2. The average Bonchev–Trinajstić information content (AvgIpc) is 2.58. The van der Waals surface area contributed by atoms with Gasteiger partial charge in [-0.15, -0.1) is 0 Å². The predicted molar refractivity (Wildman–Crippen MR) is 96.2 cm³/mol. The lowest BCUT2D eigenvalue weighted by Gasteiger charge is -2.55. The van der Waals surface area contributed by atoms with Gasteiger partial charge in [0, 0.05) is 11.8 Å². The molecule has 0 aromatic carbocycles. The SMILES string of the molecule is COC(=O)C1=C(C(=O)OC)[C@]2(O[Si](C)(C)C)C=C[C@H]1[C@H]1CC=CC[C@H]12. The number of carbonyl (C=O) groups excluding carboxylic acids is 2. The van der Waals surface area contributed by atoms with E-state index in [9.17, 15) is 9.59 Å². The maximum atomic E-state index is 12.7. The highest BCUT2D eigenvalue weighted by atomic mass is 28.4. The first-order valence-corrected chi connectivity index (χ1v) is 12.1. The number of methoxy groups -OCH3 is 2. The number of ether oxygens (including phenoxy) is 2. The summed E-state index contributed by atoms with van der Waals surface area (Å²) in [5, 5.41) is 0. The third-order valence-corrected chi connectivity index (χ3v) is 6.26. The van der Waals surface area contributed by atoms with Crippen LogP contribution in [0.3, 0.4) is 0 Å². The van der Waals surface area contributed by atoms with Gasteiger partial charge in [-0.25, -0.2) is 9.59 Å². The summed E-state index contributed by atoms with van der Waals surface area (Å²) in [6, 6.07) is 0. The molecule has 5 nitrogen and oxygen atoms in total. The number of hydrogen-bond donors (Lipinski definition) is 0. The van der Waals surface area contributed by atoms with Gasteiger partial charge < -0.3 is 13.9 Å². The Hall–Kier alpha value is -1.66. The molecule has 4 aliphatic rings. The lowest BCUT2D eigenvalue weighted by atomic mass is 9.54. The Labute approximate surface area is 149 Å². The van der Waals surface area contributed by atoms with E-state index in [4.69, 9.17) is 13.9 Å². The second-order valence-corrected chi connectivity index (χ2v) is 12.3. The molecule has 4 aliphatic carbocycles. The molecule has 0 unspecified atom stereocenters. The van der Waals surface area contributed by atoms with Gasteiger partial charge in [0.05, 0.1) is 25.4 Å². The summed E-state index contributed by atoms with van der Waals surface area (Å²) in [5.74, 6) is -0.744. The molecule has 0 saturated heterocycles. The second kappa shape index (κ2) is 6.25. The van der Waals surface area contributed by atoms with E-state index in [-0.39, 0.29) is 17.8 Å². The lowest BCUT2D eigenvalue weighted by molar-refractivity contribution is -0.144. The summed E-state index contributed by atoms with van der Waals surface area (Å²) in [4.78, 5) is 25.3. The molecule has 0 spiro atoms. The summed E-state index contributed by atoms with van der Waals surface area (Å²) in [6.45, 7) is 6.28. The molecule has 25 heavy (non-hydrogen) atoms. The lowest BCUT2D eigenvalue weighted by Crippen LogP contribution is -2.59. The fourth-order valence-electron chi connectivity index (χ4n) is 4.58. The zero-order valence-corrected chi connectivity index (χ0v) is 16.5. The maximum absolute atomic E-state index is 12.7. The molecule has 0 heterocycles. The molecule has 136 valence electrons. The van der Waals surface area contributed by atoms with Crippen molar-refractivity contribution in [3.8, 4) is 0 Å². The van der Waals surface area contributed by atoms with Crippen molar-refractivity contribution in [2.75, 3.05) is 14.2 Å². The Bertz CT molecular complexity index is 684. The Balaban J connectivity index is 2.26. The van der Waals surface area contributed by atoms with Gasteiger partial charge in [0.15, 0.2) is 8.32 Å². The summed E-state index contributed by atoms with van der Waals surface area (Å²) < 4.78 is 16.7. The van der Waals surface area contributed by atoms with Crippen LogP contribution in [0, 0.1) is 17.8 Å². The van der Waals surface area contributed by atoms with E-state index in [1.54, 1.807) is 0 Å². The molecule has 6 heteroatoms. The Kier molecular flexibility index (Phi) is 4.53. The van der Waals surface area contributed by atoms with Crippen LogP contribution < -0.4 is 0 Å². The molecule has 4 rings (SSSR count). The van der Waals surface area contributed by atoms with Crippen LogP contribution in [0.2, 0.25) is 19.6 Å². The third-order valence-electron chi connectivity index (χ3n) is 5.31. The number of hydrogen-bond acceptors (Lipinski definition) is 5.